The van der Waals surface area contributed by atoms with Gasteiger partial charge in [-0.25, -0.2) is 0 Å². The van der Waals surface area contributed by atoms with Crippen molar-refractivity contribution in [2.24, 2.45) is 11.8 Å². The van der Waals surface area contributed by atoms with E-state index >= 15 is 0 Å². The fourth-order valence-corrected chi connectivity index (χ4v) is 1.81. The Morgan fingerprint density at radius 3 is 2.16 bits per heavy atom. The van der Waals surface area contributed by atoms with Crippen molar-refractivity contribution in [3.8, 4) is 0 Å². The van der Waals surface area contributed by atoms with Crippen molar-refractivity contribution in [3.63, 3.8) is 0 Å². The highest BCUT2D eigenvalue weighted by Crippen LogP contribution is 2.23. The maximum atomic E-state index is 11.9. The van der Waals surface area contributed by atoms with E-state index in [0.29, 0.717) is 0 Å². The molecule has 1 rings (SSSR count). The Kier molecular flexibility index (Phi) is 6.52. The fraction of sp³-hybridized carbons (Fsp3) is 0.692. The van der Waals surface area contributed by atoms with Crippen LogP contribution in [0, 0.1) is 11.8 Å². The minimum absolute atomic E-state index is 0.206. The van der Waals surface area contributed by atoms with Gasteiger partial charge in [0, 0.05) is 13.0 Å². The summed E-state index contributed by atoms with van der Waals surface area (Å²) in [5.74, 6) is -2.57. The van der Waals surface area contributed by atoms with Crippen LogP contribution >= 0.6 is 0 Å². The van der Waals surface area contributed by atoms with E-state index < -0.39 is 30.1 Å². The Morgan fingerprint density at radius 2 is 1.79 bits per heavy atom. The summed E-state index contributed by atoms with van der Waals surface area (Å²) in [5.41, 5.74) is 0. The van der Waals surface area contributed by atoms with Crippen molar-refractivity contribution in [3.05, 3.63) is 12.2 Å². The second-order valence-electron chi connectivity index (χ2n) is 3.97. The number of hydrogen-bond acceptors (Lipinski definition) is 6. The number of esters is 2. The van der Waals surface area contributed by atoms with Crippen molar-refractivity contribution < 1.29 is 28.5 Å². The molecule has 19 heavy (non-hydrogen) atoms. The second kappa shape index (κ2) is 7.91. The van der Waals surface area contributed by atoms with Gasteiger partial charge in [0.05, 0.1) is 19.8 Å². The van der Waals surface area contributed by atoms with Crippen LogP contribution in [0.4, 0.5) is 0 Å². The SMILES string of the molecule is CCOC(=O)C(C(=O)OCC)[C@@H]1C=C[C@@H](OC)OC1. The number of carbonyl (C=O) groups excluding carboxylic acids is 2. The molecule has 6 heteroatoms. The lowest BCUT2D eigenvalue weighted by atomic mass is 9.91. The highest BCUT2D eigenvalue weighted by Gasteiger charge is 2.38. The lowest BCUT2D eigenvalue weighted by Gasteiger charge is -2.26. The second-order valence-corrected chi connectivity index (χ2v) is 3.97. The van der Waals surface area contributed by atoms with Gasteiger partial charge in [0.1, 0.15) is 0 Å². The molecule has 0 spiro atoms. The third-order valence-electron chi connectivity index (χ3n) is 2.71. The lowest BCUT2D eigenvalue weighted by molar-refractivity contribution is -0.168. The average Bonchev–Trinajstić information content (AvgIpc) is 2.40. The first-order chi connectivity index (χ1) is 9.13. The zero-order valence-corrected chi connectivity index (χ0v) is 11.5. The predicted octanol–water partition coefficient (Wildman–Crippen LogP) is 0.904. The smallest absolute Gasteiger partial charge is 0.321 e. The van der Waals surface area contributed by atoms with Gasteiger partial charge in [-0.3, -0.25) is 9.59 Å². The highest BCUT2D eigenvalue weighted by molar-refractivity contribution is 5.95. The van der Waals surface area contributed by atoms with Gasteiger partial charge in [-0.2, -0.15) is 0 Å². The van der Waals surface area contributed by atoms with E-state index in [1.165, 1.54) is 7.11 Å². The molecule has 0 radical (unpaired) electrons. The summed E-state index contributed by atoms with van der Waals surface area (Å²) in [6.07, 6.45) is 2.96. The maximum Gasteiger partial charge on any atom is 0.321 e. The predicted molar refractivity (Wildman–Crippen MR) is 66.1 cm³/mol. The minimum atomic E-state index is -0.992. The summed E-state index contributed by atoms with van der Waals surface area (Å²) in [7, 11) is 1.52. The summed E-state index contributed by atoms with van der Waals surface area (Å²) in [5, 5.41) is 0. The molecule has 0 saturated heterocycles. The topological polar surface area (TPSA) is 71.1 Å². The van der Waals surface area contributed by atoms with Gasteiger partial charge in [0.15, 0.2) is 12.2 Å². The zero-order chi connectivity index (χ0) is 14.3. The summed E-state index contributed by atoms with van der Waals surface area (Å²) >= 11 is 0. The molecule has 1 aliphatic heterocycles. The van der Waals surface area contributed by atoms with Crippen LogP contribution in [0.25, 0.3) is 0 Å². The van der Waals surface area contributed by atoms with Crippen molar-refractivity contribution in [1.29, 1.82) is 0 Å². The van der Waals surface area contributed by atoms with E-state index in [9.17, 15) is 9.59 Å². The minimum Gasteiger partial charge on any atom is -0.465 e. The first-order valence-corrected chi connectivity index (χ1v) is 6.30. The summed E-state index contributed by atoms with van der Waals surface area (Å²) in [6, 6.07) is 0. The molecule has 1 heterocycles. The van der Waals surface area contributed by atoms with E-state index in [-0.39, 0.29) is 19.8 Å². The number of rotatable bonds is 6. The Balaban J connectivity index is 2.79. The quantitative estimate of drug-likeness (QED) is 0.406. The molecule has 0 fully saturated rings. The standard InChI is InChI=1S/C13H20O6/c1-4-17-12(14)11(13(15)18-5-2)9-6-7-10(16-3)19-8-9/h6-7,9-11H,4-5,8H2,1-3H3/t9-,10+/m1/s1. The van der Waals surface area contributed by atoms with Crippen molar-refractivity contribution >= 4 is 11.9 Å². The van der Waals surface area contributed by atoms with Gasteiger partial charge in [-0.15, -0.1) is 0 Å². The molecule has 2 atom stereocenters. The molecule has 0 saturated carbocycles. The molecule has 0 aromatic rings. The molecule has 0 unspecified atom stereocenters. The van der Waals surface area contributed by atoms with Gasteiger partial charge in [0.25, 0.3) is 0 Å². The van der Waals surface area contributed by atoms with Crippen LogP contribution in [-0.2, 0) is 28.5 Å². The Labute approximate surface area is 112 Å². The molecule has 0 amide bonds. The van der Waals surface area contributed by atoms with Crippen LogP contribution in [0.3, 0.4) is 0 Å². The Hall–Kier alpha value is -1.40. The van der Waals surface area contributed by atoms with Crippen LogP contribution in [0.2, 0.25) is 0 Å². The maximum absolute atomic E-state index is 11.9. The molecule has 0 bridgehead atoms. The first-order valence-electron chi connectivity index (χ1n) is 6.30. The fourth-order valence-electron chi connectivity index (χ4n) is 1.81. The van der Waals surface area contributed by atoms with Gasteiger partial charge >= 0.3 is 11.9 Å². The molecular weight excluding hydrogens is 252 g/mol. The average molecular weight is 272 g/mol. The molecule has 0 N–H and O–H groups in total. The van der Waals surface area contributed by atoms with Crippen LogP contribution < -0.4 is 0 Å². The van der Waals surface area contributed by atoms with E-state index in [2.05, 4.69) is 0 Å². The summed E-state index contributed by atoms with van der Waals surface area (Å²) in [4.78, 5) is 23.7. The first kappa shape index (κ1) is 15.7. The van der Waals surface area contributed by atoms with Crippen molar-refractivity contribution in [2.45, 2.75) is 20.1 Å². The van der Waals surface area contributed by atoms with E-state index in [4.69, 9.17) is 18.9 Å². The molecule has 0 aromatic heterocycles. The van der Waals surface area contributed by atoms with Crippen molar-refractivity contribution in [2.75, 3.05) is 26.9 Å². The normalized spacial score (nSPS) is 22.3. The molecule has 6 nitrogen and oxygen atoms in total. The number of methoxy groups -OCH3 is 1. The van der Waals surface area contributed by atoms with Crippen molar-refractivity contribution in [1.82, 2.24) is 0 Å². The zero-order valence-electron chi connectivity index (χ0n) is 11.5. The Bertz CT molecular complexity index is 320. The van der Waals surface area contributed by atoms with Gasteiger partial charge in [0.2, 0.25) is 0 Å². The van der Waals surface area contributed by atoms with Crippen LogP contribution in [0.1, 0.15) is 13.8 Å². The lowest BCUT2D eigenvalue weighted by Crippen LogP contribution is -2.38. The monoisotopic (exact) mass is 272 g/mol. The van der Waals surface area contributed by atoms with E-state index in [0.717, 1.165) is 0 Å². The highest BCUT2D eigenvalue weighted by atomic mass is 16.7. The van der Waals surface area contributed by atoms with Gasteiger partial charge in [-0.1, -0.05) is 6.08 Å². The molecule has 1 aliphatic rings. The molecule has 108 valence electrons. The van der Waals surface area contributed by atoms with E-state index in [1.54, 1.807) is 26.0 Å². The van der Waals surface area contributed by atoms with Gasteiger partial charge in [-0.05, 0) is 19.9 Å². The van der Waals surface area contributed by atoms with E-state index in [1.807, 2.05) is 0 Å². The van der Waals surface area contributed by atoms with Crippen LogP contribution in [0.5, 0.6) is 0 Å². The van der Waals surface area contributed by atoms with Gasteiger partial charge < -0.3 is 18.9 Å². The number of carbonyl (C=O) groups is 2. The Morgan fingerprint density at radius 1 is 1.21 bits per heavy atom. The third kappa shape index (κ3) is 4.33. The molecule has 0 aliphatic carbocycles. The summed E-state index contributed by atoms with van der Waals surface area (Å²) in [6.45, 7) is 4.01. The van der Waals surface area contributed by atoms with Crippen LogP contribution in [-0.4, -0.2) is 45.2 Å². The molecule has 0 aromatic carbocycles. The largest absolute Gasteiger partial charge is 0.465 e. The number of ether oxygens (including phenoxy) is 4. The molecular formula is C13H20O6. The van der Waals surface area contributed by atoms with Crippen LogP contribution in [0.15, 0.2) is 12.2 Å². The number of hydrogen-bond donors (Lipinski definition) is 0. The summed E-state index contributed by atoms with van der Waals surface area (Å²) < 4.78 is 20.2. The third-order valence-corrected chi connectivity index (χ3v) is 2.71.